The summed E-state index contributed by atoms with van der Waals surface area (Å²) in [5.41, 5.74) is 0.315. The van der Waals surface area contributed by atoms with Crippen LogP contribution < -0.4 is 0 Å². The third-order valence-corrected chi connectivity index (χ3v) is 3.97. The molecule has 0 radical (unpaired) electrons. The van der Waals surface area contributed by atoms with Crippen LogP contribution in [0.1, 0.15) is 31.2 Å². The van der Waals surface area contributed by atoms with Crippen LogP contribution in [-0.4, -0.2) is 12.0 Å². The van der Waals surface area contributed by atoms with Gasteiger partial charge in [0.05, 0.1) is 5.92 Å². The lowest BCUT2D eigenvalue weighted by atomic mass is 9.78. The van der Waals surface area contributed by atoms with Crippen LogP contribution in [0.25, 0.3) is 0 Å². The van der Waals surface area contributed by atoms with Crippen molar-refractivity contribution < 1.29 is 22.4 Å². The molecule has 0 bridgehead atoms. The van der Waals surface area contributed by atoms with Gasteiger partial charge >= 0.3 is 6.18 Å². The first-order valence-corrected chi connectivity index (χ1v) is 6.70. The Morgan fingerprint density at radius 2 is 1.70 bits per heavy atom. The van der Waals surface area contributed by atoms with Gasteiger partial charge in [0.15, 0.2) is 0 Å². The maximum absolute atomic E-state index is 13.4. The van der Waals surface area contributed by atoms with E-state index in [-0.39, 0.29) is 43.8 Å². The summed E-state index contributed by atoms with van der Waals surface area (Å²) in [6, 6.07) is 6.00. The summed E-state index contributed by atoms with van der Waals surface area (Å²) in [5, 5.41) is 0. The normalized spacial score (nSPS) is 23.6. The molecule has 0 aliphatic heterocycles. The number of halogens is 4. The maximum atomic E-state index is 13.4. The molecule has 0 unspecified atom stereocenters. The van der Waals surface area contributed by atoms with E-state index in [1.165, 1.54) is 18.2 Å². The molecule has 0 atom stereocenters. The average molecular weight is 288 g/mol. The van der Waals surface area contributed by atoms with Crippen LogP contribution in [0.3, 0.4) is 0 Å². The summed E-state index contributed by atoms with van der Waals surface area (Å²) >= 11 is 0. The molecule has 0 N–H and O–H groups in total. The Morgan fingerprint density at radius 3 is 2.25 bits per heavy atom. The first-order valence-electron chi connectivity index (χ1n) is 6.70. The summed E-state index contributed by atoms with van der Waals surface area (Å²) in [6.07, 6.45) is -3.71. The fourth-order valence-electron chi connectivity index (χ4n) is 2.72. The molecule has 1 nitrogen and oxygen atoms in total. The van der Waals surface area contributed by atoms with E-state index >= 15 is 0 Å². The van der Waals surface area contributed by atoms with E-state index in [1.807, 2.05) is 0 Å². The van der Waals surface area contributed by atoms with Gasteiger partial charge in [0.2, 0.25) is 0 Å². The molecule has 5 heteroatoms. The van der Waals surface area contributed by atoms with Crippen LogP contribution in [0.4, 0.5) is 17.6 Å². The molecule has 1 fully saturated rings. The van der Waals surface area contributed by atoms with Gasteiger partial charge in [-0.25, -0.2) is 4.39 Å². The molecule has 1 aromatic carbocycles. The van der Waals surface area contributed by atoms with Crippen molar-refractivity contribution in [3.05, 3.63) is 35.6 Å². The van der Waals surface area contributed by atoms with Crippen molar-refractivity contribution >= 4 is 5.78 Å². The molecule has 2 rings (SSSR count). The highest BCUT2D eigenvalue weighted by Gasteiger charge is 2.42. The van der Waals surface area contributed by atoms with Gasteiger partial charge in [0.25, 0.3) is 0 Å². The Morgan fingerprint density at radius 1 is 1.10 bits per heavy atom. The van der Waals surface area contributed by atoms with Crippen molar-refractivity contribution in [3.8, 4) is 0 Å². The zero-order valence-corrected chi connectivity index (χ0v) is 10.9. The fraction of sp³-hybridized carbons (Fsp3) is 0.533. The molecular weight excluding hydrogens is 272 g/mol. The van der Waals surface area contributed by atoms with Gasteiger partial charge in [-0.3, -0.25) is 4.79 Å². The lowest BCUT2D eigenvalue weighted by Gasteiger charge is -2.29. The molecule has 0 heterocycles. The zero-order chi connectivity index (χ0) is 14.8. The molecule has 0 amide bonds. The molecule has 110 valence electrons. The van der Waals surface area contributed by atoms with Gasteiger partial charge in [-0.15, -0.1) is 0 Å². The van der Waals surface area contributed by atoms with E-state index in [2.05, 4.69) is 0 Å². The lowest BCUT2D eigenvalue weighted by molar-refractivity contribution is -0.184. The standard InChI is InChI=1S/C15H16F4O/c16-13-4-2-1-3-11(13)9-14(20)10-5-7-12(8-6-10)15(17,18)19/h1-4,10,12H,5-9H2. The molecule has 1 saturated carbocycles. The molecule has 1 aliphatic rings. The number of Topliss-reactive ketones (excluding diaryl/α,β-unsaturated/α-hetero) is 1. The minimum absolute atomic E-state index is 0.00280. The second-order valence-corrected chi connectivity index (χ2v) is 5.32. The minimum Gasteiger partial charge on any atom is -0.299 e. The summed E-state index contributed by atoms with van der Waals surface area (Å²) in [4.78, 5) is 12.0. The molecule has 1 aromatic rings. The Hall–Kier alpha value is -1.39. The van der Waals surface area contributed by atoms with Crippen molar-refractivity contribution in [2.24, 2.45) is 11.8 Å². The van der Waals surface area contributed by atoms with Crippen LogP contribution in [0.5, 0.6) is 0 Å². The summed E-state index contributed by atoms with van der Waals surface area (Å²) in [7, 11) is 0. The van der Waals surface area contributed by atoms with Gasteiger partial charge in [-0.1, -0.05) is 18.2 Å². The highest BCUT2D eigenvalue weighted by atomic mass is 19.4. The number of rotatable bonds is 3. The first kappa shape index (κ1) is 15.0. The SMILES string of the molecule is O=C(Cc1ccccc1F)C1CCC(C(F)(F)F)CC1. The molecule has 20 heavy (non-hydrogen) atoms. The van der Waals surface area contributed by atoms with E-state index < -0.39 is 17.9 Å². The summed E-state index contributed by atoms with van der Waals surface area (Å²) < 4.78 is 51.0. The number of carbonyl (C=O) groups excluding carboxylic acids is 1. The van der Waals surface area contributed by atoms with Gasteiger partial charge in [-0.05, 0) is 37.3 Å². The smallest absolute Gasteiger partial charge is 0.299 e. The molecule has 0 spiro atoms. The largest absolute Gasteiger partial charge is 0.391 e. The third-order valence-electron chi connectivity index (χ3n) is 3.97. The number of carbonyl (C=O) groups is 1. The number of hydrogen-bond donors (Lipinski definition) is 0. The van der Waals surface area contributed by atoms with Crippen LogP contribution in [-0.2, 0) is 11.2 Å². The molecule has 0 saturated heterocycles. The van der Waals surface area contributed by atoms with E-state index in [9.17, 15) is 22.4 Å². The molecule has 0 aromatic heterocycles. The van der Waals surface area contributed by atoms with Gasteiger partial charge in [0, 0.05) is 12.3 Å². The van der Waals surface area contributed by atoms with Crippen molar-refractivity contribution in [2.75, 3.05) is 0 Å². The number of ketones is 1. The summed E-state index contributed by atoms with van der Waals surface area (Å²) in [5.74, 6) is -2.26. The van der Waals surface area contributed by atoms with Crippen molar-refractivity contribution in [1.29, 1.82) is 0 Å². The lowest BCUT2D eigenvalue weighted by Crippen LogP contribution is -2.30. The van der Waals surface area contributed by atoms with E-state index in [0.717, 1.165) is 0 Å². The summed E-state index contributed by atoms with van der Waals surface area (Å²) in [6.45, 7) is 0. The topological polar surface area (TPSA) is 17.1 Å². The van der Waals surface area contributed by atoms with Crippen LogP contribution in [0.15, 0.2) is 24.3 Å². The quantitative estimate of drug-likeness (QED) is 0.758. The van der Waals surface area contributed by atoms with Gasteiger partial charge in [0.1, 0.15) is 11.6 Å². The number of alkyl halides is 3. The Bertz CT molecular complexity index is 473. The Kier molecular flexibility index (Phi) is 4.45. The average Bonchev–Trinajstić information content (AvgIpc) is 2.40. The van der Waals surface area contributed by atoms with E-state index in [1.54, 1.807) is 6.07 Å². The Balaban J connectivity index is 1.91. The van der Waals surface area contributed by atoms with E-state index in [4.69, 9.17) is 0 Å². The van der Waals surface area contributed by atoms with E-state index in [0.29, 0.717) is 5.56 Å². The Labute approximate surface area is 115 Å². The van der Waals surface area contributed by atoms with Crippen LogP contribution in [0.2, 0.25) is 0 Å². The predicted octanol–water partition coefficient (Wildman–Crippen LogP) is 4.31. The molecular formula is C15H16F4O. The molecule has 1 aliphatic carbocycles. The fourth-order valence-corrected chi connectivity index (χ4v) is 2.72. The highest BCUT2D eigenvalue weighted by Crippen LogP contribution is 2.39. The van der Waals surface area contributed by atoms with Crippen molar-refractivity contribution in [3.63, 3.8) is 0 Å². The second-order valence-electron chi connectivity index (χ2n) is 5.32. The maximum Gasteiger partial charge on any atom is 0.391 e. The minimum atomic E-state index is -4.17. The number of hydrogen-bond acceptors (Lipinski definition) is 1. The van der Waals surface area contributed by atoms with Crippen molar-refractivity contribution in [1.82, 2.24) is 0 Å². The highest BCUT2D eigenvalue weighted by molar-refractivity contribution is 5.83. The van der Waals surface area contributed by atoms with Gasteiger partial charge < -0.3 is 0 Å². The van der Waals surface area contributed by atoms with Crippen LogP contribution in [0, 0.1) is 17.7 Å². The monoisotopic (exact) mass is 288 g/mol. The zero-order valence-electron chi connectivity index (χ0n) is 10.9. The van der Waals surface area contributed by atoms with Gasteiger partial charge in [-0.2, -0.15) is 13.2 Å². The van der Waals surface area contributed by atoms with Crippen LogP contribution >= 0.6 is 0 Å². The number of benzene rings is 1. The van der Waals surface area contributed by atoms with Crippen molar-refractivity contribution in [2.45, 2.75) is 38.3 Å². The first-order chi connectivity index (χ1) is 9.38. The predicted molar refractivity (Wildman–Crippen MR) is 66.6 cm³/mol. The third kappa shape index (κ3) is 3.58. The second kappa shape index (κ2) is 5.94.